The molecule has 184 valence electrons. The maximum atomic E-state index is 13.0. The molecule has 0 aliphatic heterocycles. The highest BCUT2D eigenvalue weighted by atomic mass is 35.5. The van der Waals surface area contributed by atoms with Gasteiger partial charge < -0.3 is 15.4 Å². The van der Waals surface area contributed by atoms with Gasteiger partial charge in [-0.15, -0.1) is 0 Å². The van der Waals surface area contributed by atoms with Crippen LogP contribution in [0.4, 0.5) is 10.8 Å². The lowest BCUT2D eigenvalue weighted by Gasteiger charge is -2.13. The number of fused-ring (bicyclic) bond motifs is 1. The van der Waals surface area contributed by atoms with E-state index in [2.05, 4.69) is 26.7 Å². The fourth-order valence-electron chi connectivity index (χ4n) is 4.06. The van der Waals surface area contributed by atoms with Crippen molar-refractivity contribution in [3.05, 3.63) is 70.7 Å². The number of thiazole rings is 1. The number of carbonyl (C=O) groups excluding carboxylic acids is 2. The van der Waals surface area contributed by atoms with Crippen LogP contribution in [0.1, 0.15) is 41.6 Å². The molecular formula is C27H20ClN5O3S. The molecule has 0 unspecified atom stereocenters. The van der Waals surface area contributed by atoms with Gasteiger partial charge in [0.05, 0.1) is 22.1 Å². The van der Waals surface area contributed by atoms with Gasteiger partial charge in [-0.05, 0) is 55.5 Å². The molecule has 2 saturated carbocycles. The van der Waals surface area contributed by atoms with Crippen molar-refractivity contribution in [1.82, 2.24) is 9.97 Å². The predicted molar refractivity (Wildman–Crippen MR) is 141 cm³/mol. The van der Waals surface area contributed by atoms with Crippen molar-refractivity contribution in [2.45, 2.75) is 31.1 Å². The molecule has 6 rings (SSSR count). The first-order valence-electron chi connectivity index (χ1n) is 11.8. The number of ether oxygens (including phenoxy) is 1. The van der Waals surface area contributed by atoms with Gasteiger partial charge >= 0.3 is 0 Å². The zero-order chi connectivity index (χ0) is 25.6. The van der Waals surface area contributed by atoms with Crippen LogP contribution in [0.3, 0.4) is 0 Å². The largest absolute Gasteiger partial charge is 0.439 e. The van der Waals surface area contributed by atoms with E-state index in [1.165, 1.54) is 11.3 Å². The zero-order valence-electron chi connectivity index (χ0n) is 19.5. The lowest BCUT2D eigenvalue weighted by atomic mass is 9.95. The fourth-order valence-corrected chi connectivity index (χ4v) is 5.29. The molecule has 2 aromatic carbocycles. The third kappa shape index (κ3) is 4.73. The molecule has 0 radical (unpaired) electrons. The van der Waals surface area contributed by atoms with Gasteiger partial charge in [0.2, 0.25) is 11.8 Å². The van der Waals surface area contributed by atoms with E-state index in [0.29, 0.717) is 48.9 Å². The van der Waals surface area contributed by atoms with Gasteiger partial charge in [0, 0.05) is 23.7 Å². The van der Waals surface area contributed by atoms with Crippen LogP contribution < -0.4 is 15.4 Å². The highest BCUT2D eigenvalue weighted by Gasteiger charge is 2.46. The van der Waals surface area contributed by atoms with E-state index >= 15 is 0 Å². The van der Waals surface area contributed by atoms with Crippen molar-refractivity contribution < 1.29 is 14.3 Å². The molecule has 8 nitrogen and oxygen atoms in total. The second-order valence-electron chi connectivity index (χ2n) is 9.20. The summed E-state index contributed by atoms with van der Waals surface area (Å²) in [5.41, 5.74) is 1.62. The summed E-state index contributed by atoms with van der Waals surface area (Å²) in [6.45, 7) is 0. The summed E-state index contributed by atoms with van der Waals surface area (Å²) >= 11 is 7.83. The van der Waals surface area contributed by atoms with Crippen LogP contribution in [0.15, 0.2) is 54.6 Å². The van der Waals surface area contributed by atoms with E-state index in [1.807, 2.05) is 0 Å². The third-order valence-corrected chi connectivity index (χ3v) is 7.73. The van der Waals surface area contributed by atoms with E-state index < -0.39 is 5.41 Å². The Balaban J connectivity index is 1.16. The standard InChI is InChI=1S/C27H20ClN5O3S/c28-22-18(5-2-6-19(22)27(14-29)11-12-27)24(35)30-16-3-1-4-17(13-16)36-21-10-9-20-25(32-21)37-26(31-20)33-23(34)15-7-8-15/h1-6,9-10,13,15H,7-8,11-12H2,(H,30,35)(H,31,33,34). The molecule has 0 saturated heterocycles. The van der Waals surface area contributed by atoms with Crippen LogP contribution in [0.5, 0.6) is 11.6 Å². The maximum absolute atomic E-state index is 13.0. The Bertz CT molecular complexity index is 1600. The van der Waals surface area contributed by atoms with Crippen molar-refractivity contribution in [2.24, 2.45) is 5.92 Å². The third-order valence-electron chi connectivity index (χ3n) is 6.45. The Labute approximate surface area is 221 Å². The molecule has 37 heavy (non-hydrogen) atoms. The first kappa shape index (κ1) is 23.4. The number of benzene rings is 2. The Kier molecular flexibility index (Phi) is 5.78. The second kappa shape index (κ2) is 9.14. The number of aromatic nitrogens is 2. The second-order valence-corrected chi connectivity index (χ2v) is 10.6. The molecule has 2 heterocycles. The zero-order valence-corrected chi connectivity index (χ0v) is 21.0. The van der Waals surface area contributed by atoms with Crippen molar-refractivity contribution >= 4 is 55.9 Å². The minimum atomic E-state index is -0.586. The molecule has 2 amide bonds. The summed E-state index contributed by atoms with van der Waals surface area (Å²) in [6, 6.07) is 18.0. The minimum Gasteiger partial charge on any atom is -0.439 e. The van der Waals surface area contributed by atoms with Gasteiger partial charge in [-0.1, -0.05) is 41.1 Å². The molecule has 2 aliphatic carbocycles. The quantitative estimate of drug-likeness (QED) is 0.290. The molecule has 0 spiro atoms. The summed E-state index contributed by atoms with van der Waals surface area (Å²) in [6.07, 6.45) is 3.33. The van der Waals surface area contributed by atoms with E-state index in [-0.39, 0.29) is 17.7 Å². The number of pyridine rings is 1. The number of amides is 2. The van der Waals surface area contributed by atoms with Crippen molar-refractivity contribution in [2.75, 3.05) is 10.6 Å². The summed E-state index contributed by atoms with van der Waals surface area (Å²) in [4.78, 5) is 34.6. The number of hydrogen-bond acceptors (Lipinski definition) is 7. The lowest BCUT2D eigenvalue weighted by molar-refractivity contribution is -0.117. The van der Waals surface area contributed by atoms with Gasteiger partial charge in [0.25, 0.3) is 5.91 Å². The monoisotopic (exact) mass is 529 g/mol. The van der Waals surface area contributed by atoms with Gasteiger partial charge in [-0.2, -0.15) is 5.26 Å². The lowest BCUT2D eigenvalue weighted by Crippen LogP contribution is -2.14. The molecule has 2 aromatic heterocycles. The Morgan fingerprint density at radius 1 is 1.08 bits per heavy atom. The number of nitrogens with one attached hydrogen (secondary N) is 2. The first-order valence-corrected chi connectivity index (χ1v) is 13.0. The normalized spacial score (nSPS) is 15.6. The summed E-state index contributed by atoms with van der Waals surface area (Å²) < 4.78 is 5.93. The van der Waals surface area contributed by atoms with Crippen LogP contribution >= 0.6 is 22.9 Å². The average molecular weight is 530 g/mol. The van der Waals surface area contributed by atoms with Gasteiger partial charge in [0.15, 0.2) is 5.13 Å². The molecule has 2 N–H and O–H groups in total. The highest BCUT2D eigenvalue weighted by molar-refractivity contribution is 7.21. The van der Waals surface area contributed by atoms with Crippen molar-refractivity contribution in [3.8, 4) is 17.7 Å². The number of carbonyl (C=O) groups is 2. The Hall–Kier alpha value is -4.00. The molecule has 10 heteroatoms. The van der Waals surface area contributed by atoms with Crippen LogP contribution in [0, 0.1) is 17.2 Å². The Morgan fingerprint density at radius 2 is 1.89 bits per heavy atom. The number of hydrogen-bond donors (Lipinski definition) is 2. The number of nitriles is 1. The van der Waals surface area contributed by atoms with Crippen molar-refractivity contribution in [1.29, 1.82) is 5.26 Å². The number of rotatable bonds is 7. The summed E-state index contributed by atoms with van der Waals surface area (Å²) in [7, 11) is 0. The van der Waals surface area contributed by atoms with Crippen molar-refractivity contribution in [3.63, 3.8) is 0 Å². The minimum absolute atomic E-state index is 0.000449. The van der Waals surface area contributed by atoms with Gasteiger partial charge in [-0.25, -0.2) is 9.97 Å². The van der Waals surface area contributed by atoms with Gasteiger partial charge in [0.1, 0.15) is 16.1 Å². The number of anilines is 2. The van der Waals surface area contributed by atoms with Crippen LogP contribution in [0.2, 0.25) is 5.02 Å². The molecule has 0 atom stereocenters. The molecule has 4 aromatic rings. The van der Waals surface area contributed by atoms with E-state index in [1.54, 1.807) is 54.6 Å². The van der Waals surface area contributed by atoms with Crippen LogP contribution in [-0.4, -0.2) is 21.8 Å². The molecule has 0 bridgehead atoms. The molecular weight excluding hydrogens is 510 g/mol. The van der Waals surface area contributed by atoms with E-state index in [0.717, 1.165) is 25.7 Å². The van der Waals surface area contributed by atoms with Crippen LogP contribution in [-0.2, 0) is 10.2 Å². The number of halogens is 1. The maximum Gasteiger partial charge on any atom is 0.257 e. The summed E-state index contributed by atoms with van der Waals surface area (Å²) in [5.74, 6) is 0.570. The Morgan fingerprint density at radius 3 is 2.65 bits per heavy atom. The molecule has 2 aliphatic rings. The topological polar surface area (TPSA) is 117 Å². The average Bonchev–Trinajstić information content (AvgIpc) is 3.81. The van der Waals surface area contributed by atoms with Gasteiger partial charge in [-0.3, -0.25) is 9.59 Å². The van der Waals surface area contributed by atoms with E-state index in [9.17, 15) is 14.9 Å². The first-order chi connectivity index (χ1) is 17.9. The summed E-state index contributed by atoms with van der Waals surface area (Å²) in [5, 5.41) is 16.0. The highest BCUT2D eigenvalue weighted by Crippen LogP contribution is 2.50. The number of nitrogens with zero attached hydrogens (tertiary/aromatic N) is 3. The SMILES string of the molecule is N#CC1(c2cccc(C(=O)Nc3cccc(Oc4ccc5nc(NC(=O)C6CC6)sc5n4)c3)c2Cl)CC1. The fraction of sp³-hybridized carbons (Fsp3) is 0.222. The predicted octanol–water partition coefficient (Wildman–Crippen LogP) is 6.29. The van der Waals surface area contributed by atoms with E-state index in [4.69, 9.17) is 16.3 Å². The smallest absolute Gasteiger partial charge is 0.257 e. The molecule has 2 fully saturated rings. The van der Waals surface area contributed by atoms with Crippen LogP contribution in [0.25, 0.3) is 10.3 Å².